The Balaban J connectivity index is 2.68. The number of nitrogens with one attached hydrogen (secondary N) is 1. The third kappa shape index (κ3) is 2.68. The summed E-state index contributed by atoms with van der Waals surface area (Å²) < 4.78 is 0. The molecule has 0 aromatic heterocycles. The first-order chi connectivity index (χ1) is 7.10. The van der Waals surface area contributed by atoms with E-state index in [0.29, 0.717) is 18.8 Å². The third-order valence-corrected chi connectivity index (χ3v) is 3.09. The van der Waals surface area contributed by atoms with E-state index in [9.17, 15) is 9.59 Å². The van der Waals surface area contributed by atoms with Gasteiger partial charge in [0, 0.05) is 0 Å². The van der Waals surface area contributed by atoms with Gasteiger partial charge in [0.25, 0.3) is 0 Å². The lowest BCUT2D eigenvalue weighted by atomic mass is 9.96. The fourth-order valence-corrected chi connectivity index (χ4v) is 2.22. The van der Waals surface area contributed by atoms with Crippen molar-refractivity contribution in [2.75, 3.05) is 7.11 Å². The van der Waals surface area contributed by atoms with E-state index in [1.165, 1.54) is 7.11 Å². The van der Waals surface area contributed by atoms with E-state index in [0.717, 1.165) is 6.42 Å². The standard InChI is InChI=1S/C10H17NO4/c1-3-6-4-7(9(12)11-15-2)8(5-6)10(13)14/h6-8H,3-5H2,1-2H3,(H,11,12)(H,13,14)/t6?,7-,8+/m0/s1. The minimum Gasteiger partial charge on any atom is -0.481 e. The zero-order chi connectivity index (χ0) is 11.4. The molecular formula is C10H17NO4. The molecule has 5 heteroatoms. The van der Waals surface area contributed by atoms with Gasteiger partial charge in [-0.15, -0.1) is 0 Å². The number of hydrogen-bond donors (Lipinski definition) is 2. The van der Waals surface area contributed by atoms with E-state index in [2.05, 4.69) is 10.3 Å². The number of carboxylic acids is 1. The molecule has 86 valence electrons. The lowest BCUT2D eigenvalue weighted by Crippen LogP contribution is -2.34. The summed E-state index contributed by atoms with van der Waals surface area (Å²) in [4.78, 5) is 27.0. The average Bonchev–Trinajstić information content (AvgIpc) is 2.61. The summed E-state index contributed by atoms with van der Waals surface area (Å²) in [5.41, 5.74) is 2.21. The molecule has 1 amide bonds. The monoisotopic (exact) mass is 215 g/mol. The summed E-state index contributed by atoms with van der Waals surface area (Å²) in [6.07, 6.45) is 2.15. The van der Waals surface area contributed by atoms with E-state index in [1.54, 1.807) is 0 Å². The van der Waals surface area contributed by atoms with Gasteiger partial charge in [-0.3, -0.25) is 14.4 Å². The first kappa shape index (κ1) is 12.0. The number of hydroxylamine groups is 1. The molecule has 3 atom stereocenters. The Morgan fingerprint density at radius 1 is 1.40 bits per heavy atom. The molecule has 0 heterocycles. The van der Waals surface area contributed by atoms with Gasteiger partial charge >= 0.3 is 5.97 Å². The third-order valence-electron chi connectivity index (χ3n) is 3.09. The summed E-state index contributed by atoms with van der Waals surface area (Å²) in [5.74, 6) is -1.89. The summed E-state index contributed by atoms with van der Waals surface area (Å²) in [6, 6.07) is 0. The molecule has 0 aromatic carbocycles. The van der Waals surface area contributed by atoms with E-state index >= 15 is 0 Å². The van der Waals surface area contributed by atoms with Crippen LogP contribution in [-0.4, -0.2) is 24.1 Å². The second kappa shape index (κ2) is 5.11. The molecule has 0 spiro atoms. The van der Waals surface area contributed by atoms with Gasteiger partial charge in [-0.1, -0.05) is 13.3 Å². The van der Waals surface area contributed by atoms with Crippen LogP contribution in [0, 0.1) is 17.8 Å². The van der Waals surface area contributed by atoms with Crippen LogP contribution < -0.4 is 5.48 Å². The van der Waals surface area contributed by atoms with Gasteiger partial charge in [0.15, 0.2) is 0 Å². The molecule has 15 heavy (non-hydrogen) atoms. The van der Waals surface area contributed by atoms with Crippen LogP contribution in [-0.2, 0) is 14.4 Å². The van der Waals surface area contributed by atoms with Crippen molar-refractivity contribution < 1.29 is 19.5 Å². The molecule has 2 N–H and O–H groups in total. The molecule has 0 radical (unpaired) electrons. The zero-order valence-corrected chi connectivity index (χ0v) is 9.03. The molecule has 0 aliphatic heterocycles. The minimum absolute atomic E-state index is 0.319. The quantitative estimate of drug-likeness (QED) is 0.680. The Morgan fingerprint density at radius 2 is 2.00 bits per heavy atom. The maximum atomic E-state index is 11.5. The Bertz CT molecular complexity index is 254. The minimum atomic E-state index is -0.887. The molecule has 1 saturated carbocycles. The first-order valence-corrected chi connectivity index (χ1v) is 5.15. The van der Waals surface area contributed by atoms with Crippen LogP contribution >= 0.6 is 0 Å². The molecule has 0 saturated heterocycles. The van der Waals surface area contributed by atoms with Crippen LogP contribution in [0.5, 0.6) is 0 Å². The fourth-order valence-electron chi connectivity index (χ4n) is 2.22. The second-order valence-corrected chi connectivity index (χ2v) is 3.97. The van der Waals surface area contributed by atoms with Crippen molar-refractivity contribution in [3.8, 4) is 0 Å². The lowest BCUT2D eigenvalue weighted by molar-refractivity contribution is -0.148. The van der Waals surface area contributed by atoms with E-state index in [4.69, 9.17) is 5.11 Å². The number of aliphatic carboxylic acids is 1. The van der Waals surface area contributed by atoms with Crippen molar-refractivity contribution in [3.63, 3.8) is 0 Å². The second-order valence-electron chi connectivity index (χ2n) is 3.97. The first-order valence-electron chi connectivity index (χ1n) is 5.15. The highest BCUT2D eigenvalue weighted by molar-refractivity contribution is 5.84. The normalized spacial score (nSPS) is 30.1. The van der Waals surface area contributed by atoms with Crippen LogP contribution in [0.2, 0.25) is 0 Å². The van der Waals surface area contributed by atoms with Crippen molar-refractivity contribution in [1.82, 2.24) is 5.48 Å². The lowest BCUT2D eigenvalue weighted by Gasteiger charge is -2.13. The summed E-state index contributed by atoms with van der Waals surface area (Å²) >= 11 is 0. The zero-order valence-electron chi connectivity index (χ0n) is 9.03. The van der Waals surface area contributed by atoms with Crippen LogP contribution in [0.25, 0.3) is 0 Å². The molecular weight excluding hydrogens is 198 g/mol. The number of carbonyl (C=O) groups excluding carboxylic acids is 1. The highest BCUT2D eigenvalue weighted by Gasteiger charge is 2.42. The fraction of sp³-hybridized carbons (Fsp3) is 0.800. The van der Waals surface area contributed by atoms with Crippen molar-refractivity contribution >= 4 is 11.9 Å². The molecule has 1 aliphatic carbocycles. The predicted molar refractivity (Wildman–Crippen MR) is 52.8 cm³/mol. The van der Waals surface area contributed by atoms with Crippen LogP contribution in [0.15, 0.2) is 0 Å². The van der Waals surface area contributed by atoms with E-state index in [-0.39, 0.29) is 5.91 Å². The molecule has 1 fully saturated rings. The number of carboxylic acid groups (broad SMARTS) is 1. The summed E-state index contributed by atoms with van der Waals surface area (Å²) in [7, 11) is 1.35. The van der Waals surface area contributed by atoms with Gasteiger partial charge in [-0.2, -0.15) is 0 Å². The van der Waals surface area contributed by atoms with Gasteiger partial charge in [-0.25, -0.2) is 5.48 Å². The number of rotatable bonds is 4. The Morgan fingerprint density at radius 3 is 2.47 bits per heavy atom. The maximum absolute atomic E-state index is 11.5. The molecule has 1 rings (SSSR count). The number of hydrogen-bond acceptors (Lipinski definition) is 3. The molecule has 0 aromatic rings. The Kier molecular flexibility index (Phi) is 4.08. The number of carbonyl (C=O) groups is 2. The smallest absolute Gasteiger partial charge is 0.307 e. The topological polar surface area (TPSA) is 75.6 Å². The Labute approximate surface area is 88.8 Å². The SMILES string of the molecule is CCC1C[C@H](C(=O)NOC)[C@H](C(=O)O)C1. The summed E-state index contributed by atoms with van der Waals surface area (Å²) in [6.45, 7) is 2.01. The van der Waals surface area contributed by atoms with Gasteiger partial charge < -0.3 is 5.11 Å². The van der Waals surface area contributed by atoms with Crippen LogP contribution in [0.4, 0.5) is 0 Å². The average molecular weight is 215 g/mol. The molecule has 5 nitrogen and oxygen atoms in total. The molecule has 1 unspecified atom stereocenters. The number of amides is 1. The van der Waals surface area contributed by atoms with Gasteiger partial charge in [0.2, 0.25) is 5.91 Å². The highest BCUT2D eigenvalue weighted by Crippen LogP contribution is 2.38. The van der Waals surface area contributed by atoms with Crippen molar-refractivity contribution in [2.24, 2.45) is 17.8 Å². The van der Waals surface area contributed by atoms with Crippen molar-refractivity contribution in [3.05, 3.63) is 0 Å². The Hall–Kier alpha value is -1.10. The van der Waals surface area contributed by atoms with Gasteiger partial charge in [0.1, 0.15) is 0 Å². The van der Waals surface area contributed by atoms with E-state index < -0.39 is 17.8 Å². The predicted octanol–water partition coefficient (Wildman–Crippen LogP) is 0.801. The molecule has 0 bridgehead atoms. The molecule has 1 aliphatic rings. The van der Waals surface area contributed by atoms with Crippen LogP contribution in [0.3, 0.4) is 0 Å². The largest absolute Gasteiger partial charge is 0.481 e. The van der Waals surface area contributed by atoms with Gasteiger partial charge in [0.05, 0.1) is 18.9 Å². The van der Waals surface area contributed by atoms with Crippen LogP contribution in [0.1, 0.15) is 26.2 Å². The van der Waals surface area contributed by atoms with Crippen molar-refractivity contribution in [1.29, 1.82) is 0 Å². The van der Waals surface area contributed by atoms with Crippen molar-refractivity contribution in [2.45, 2.75) is 26.2 Å². The van der Waals surface area contributed by atoms with E-state index in [1.807, 2.05) is 6.92 Å². The van der Waals surface area contributed by atoms with Gasteiger partial charge in [-0.05, 0) is 18.8 Å². The maximum Gasteiger partial charge on any atom is 0.307 e. The highest BCUT2D eigenvalue weighted by atomic mass is 16.6. The summed E-state index contributed by atoms with van der Waals surface area (Å²) in [5, 5.41) is 8.99.